The number of aromatic nitrogens is 2. The van der Waals surface area contributed by atoms with Gasteiger partial charge < -0.3 is 15.0 Å². The lowest BCUT2D eigenvalue weighted by atomic mass is 10.2. The maximum absolute atomic E-state index is 11.4. The van der Waals surface area contributed by atoms with Crippen molar-refractivity contribution in [2.45, 2.75) is 12.8 Å². The van der Waals surface area contributed by atoms with Gasteiger partial charge in [-0.05, 0) is 43.2 Å². The van der Waals surface area contributed by atoms with Gasteiger partial charge in [0.25, 0.3) is 0 Å². The van der Waals surface area contributed by atoms with Crippen LogP contribution in [0.3, 0.4) is 0 Å². The first-order chi connectivity index (χ1) is 10.8. The standard InChI is InChI=1S/C16H18N4O2/c1-22-15(21)12-4-6-13(7-5-12)18-16-17-9-8-14(19-16)20-10-2-3-11-20/h4-9H,2-3,10-11H2,1H3,(H,17,18,19). The van der Waals surface area contributed by atoms with Crippen molar-refractivity contribution in [1.82, 2.24) is 9.97 Å². The molecule has 1 fully saturated rings. The lowest BCUT2D eigenvalue weighted by molar-refractivity contribution is 0.0601. The summed E-state index contributed by atoms with van der Waals surface area (Å²) in [6.45, 7) is 2.09. The molecule has 0 bridgehead atoms. The molecule has 1 aromatic carbocycles. The van der Waals surface area contributed by atoms with Crippen LogP contribution in [0.25, 0.3) is 0 Å². The molecule has 1 saturated heterocycles. The predicted octanol–water partition coefficient (Wildman–Crippen LogP) is 2.61. The second-order valence-electron chi connectivity index (χ2n) is 5.13. The fourth-order valence-electron chi connectivity index (χ4n) is 2.47. The van der Waals surface area contributed by atoms with E-state index in [2.05, 4.69) is 24.9 Å². The summed E-state index contributed by atoms with van der Waals surface area (Å²) in [6, 6.07) is 8.95. The lowest BCUT2D eigenvalue weighted by Crippen LogP contribution is -2.19. The Hall–Kier alpha value is -2.63. The van der Waals surface area contributed by atoms with Gasteiger partial charge in [-0.25, -0.2) is 9.78 Å². The van der Waals surface area contributed by atoms with Gasteiger partial charge in [0.15, 0.2) is 0 Å². The maximum atomic E-state index is 11.4. The summed E-state index contributed by atoms with van der Waals surface area (Å²) < 4.78 is 4.68. The van der Waals surface area contributed by atoms with Gasteiger partial charge in [-0.15, -0.1) is 0 Å². The Morgan fingerprint density at radius 2 is 1.91 bits per heavy atom. The van der Waals surface area contributed by atoms with Gasteiger partial charge in [-0.2, -0.15) is 4.98 Å². The summed E-state index contributed by atoms with van der Waals surface area (Å²) >= 11 is 0. The Balaban J connectivity index is 1.72. The molecule has 0 unspecified atom stereocenters. The third-order valence-electron chi connectivity index (χ3n) is 3.63. The summed E-state index contributed by atoms with van der Waals surface area (Å²) in [7, 11) is 1.37. The minimum atomic E-state index is -0.348. The number of hydrogen-bond acceptors (Lipinski definition) is 6. The van der Waals surface area contributed by atoms with Crippen LogP contribution in [0.5, 0.6) is 0 Å². The molecule has 3 rings (SSSR count). The highest BCUT2D eigenvalue weighted by Crippen LogP contribution is 2.20. The van der Waals surface area contributed by atoms with Gasteiger partial charge in [0.05, 0.1) is 12.7 Å². The molecule has 114 valence electrons. The molecule has 1 aliphatic rings. The minimum Gasteiger partial charge on any atom is -0.465 e. The molecule has 0 aliphatic carbocycles. The van der Waals surface area contributed by atoms with E-state index in [9.17, 15) is 4.79 Å². The molecule has 6 nitrogen and oxygen atoms in total. The number of esters is 1. The quantitative estimate of drug-likeness (QED) is 0.875. The van der Waals surface area contributed by atoms with Gasteiger partial charge in [0.2, 0.25) is 5.95 Å². The Kier molecular flexibility index (Phi) is 4.18. The number of methoxy groups -OCH3 is 1. The summed E-state index contributed by atoms with van der Waals surface area (Å²) in [5.41, 5.74) is 1.34. The minimum absolute atomic E-state index is 0.348. The predicted molar refractivity (Wildman–Crippen MR) is 84.5 cm³/mol. The highest BCUT2D eigenvalue weighted by Gasteiger charge is 2.14. The van der Waals surface area contributed by atoms with Crippen molar-refractivity contribution >= 4 is 23.4 Å². The highest BCUT2D eigenvalue weighted by molar-refractivity contribution is 5.89. The zero-order valence-electron chi connectivity index (χ0n) is 12.5. The molecular formula is C16H18N4O2. The largest absolute Gasteiger partial charge is 0.465 e. The van der Waals surface area contributed by atoms with E-state index in [0.717, 1.165) is 24.6 Å². The third-order valence-corrected chi connectivity index (χ3v) is 3.63. The monoisotopic (exact) mass is 298 g/mol. The Morgan fingerprint density at radius 1 is 1.18 bits per heavy atom. The van der Waals surface area contributed by atoms with Crippen LogP contribution in [0.15, 0.2) is 36.5 Å². The number of nitrogens with one attached hydrogen (secondary N) is 1. The number of benzene rings is 1. The van der Waals surface area contributed by atoms with E-state index in [1.54, 1.807) is 30.5 Å². The number of hydrogen-bond donors (Lipinski definition) is 1. The van der Waals surface area contributed by atoms with Crippen LogP contribution in [0, 0.1) is 0 Å². The van der Waals surface area contributed by atoms with Gasteiger partial charge in [0, 0.05) is 25.0 Å². The van der Waals surface area contributed by atoms with E-state index < -0.39 is 0 Å². The van der Waals surface area contributed by atoms with E-state index in [4.69, 9.17) is 0 Å². The summed E-state index contributed by atoms with van der Waals surface area (Å²) in [4.78, 5) is 22.4. The van der Waals surface area contributed by atoms with Crippen LogP contribution < -0.4 is 10.2 Å². The van der Waals surface area contributed by atoms with Gasteiger partial charge in [-0.1, -0.05) is 0 Å². The molecular weight excluding hydrogens is 280 g/mol. The Labute approximate surface area is 129 Å². The van der Waals surface area contributed by atoms with E-state index in [0.29, 0.717) is 11.5 Å². The summed E-state index contributed by atoms with van der Waals surface area (Å²) in [6.07, 6.45) is 4.18. The van der Waals surface area contributed by atoms with Crippen LogP contribution in [0.2, 0.25) is 0 Å². The molecule has 1 N–H and O–H groups in total. The molecule has 2 aromatic rings. The Bertz CT molecular complexity index is 651. The fourth-order valence-corrected chi connectivity index (χ4v) is 2.47. The fraction of sp³-hybridized carbons (Fsp3) is 0.312. The Morgan fingerprint density at radius 3 is 2.59 bits per heavy atom. The number of rotatable bonds is 4. The van der Waals surface area contributed by atoms with E-state index in [1.165, 1.54) is 20.0 Å². The average molecular weight is 298 g/mol. The molecule has 0 spiro atoms. The average Bonchev–Trinajstić information content (AvgIpc) is 3.10. The number of carbonyl (C=O) groups is 1. The van der Waals surface area contributed by atoms with Crippen molar-refractivity contribution in [2.24, 2.45) is 0 Å². The SMILES string of the molecule is COC(=O)c1ccc(Nc2nccc(N3CCCC3)n2)cc1. The number of carbonyl (C=O) groups excluding carboxylic acids is 1. The molecule has 2 heterocycles. The third kappa shape index (κ3) is 3.16. The maximum Gasteiger partial charge on any atom is 0.337 e. The smallest absolute Gasteiger partial charge is 0.337 e. The second-order valence-corrected chi connectivity index (χ2v) is 5.13. The van der Waals surface area contributed by atoms with Crippen LogP contribution in [0.1, 0.15) is 23.2 Å². The van der Waals surface area contributed by atoms with Crippen molar-refractivity contribution in [3.05, 3.63) is 42.1 Å². The van der Waals surface area contributed by atoms with Gasteiger partial charge in [0.1, 0.15) is 5.82 Å². The van der Waals surface area contributed by atoms with Crippen molar-refractivity contribution in [3.63, 3.8) is 0 Å². The topological polar surface area (TPSA) is 67.3 Å². The zero-order chi connectivity index (χ0) is 15.4. The van der Waals surface area contributed by atoms with Crippen LogP contribution in [-0.2, 0) is 4.74 Å². The molecule has 1 aromatic heterocycles. The second kappa shape index (κ2) is 6.43. The molecule has 6 heteroatoms. The number of anilines is 3. The van der Waals surface area contributed by atoms with E-state index in [-0.39, 0.29) is 5.97 Å². The summed E-state index contributed by atoms with van der Waals surface area (Å²) in [5, 5.41) is 3.15. The molecule has 0 atom stereocenters. The van der Waals surface area contributed by atoms with Crippen molar-refractivity contribution in [3.8, 4) is 0 Å². The normalized spacial score (nSPS) is 14.0. The van der Waals surface area contributed by atoms with Crippen molar-refractivity contribution in [1.29, 1.82) is 0 Å². The molecule has 0 radical (unpaired) electrons. The van der Waals surface area contributed by atoms with Gasteiger partial charge in [-0.3, -0.25) is 0 Å². The molecule has 1 aliphatic heterocycles. The first-order valence-corrected chi connectivity index (χ1v) is 7.29. The molecule has 22 heavy (non-hydrogen) atoms. The first-order valence-electron chi connectivity index (χ1n) is 7.29. The van der Waals surface area contributed by atoms with Crippen molar-refractivity contribution < 1.29 is 9.53 Å². The summed E-state index contributed by atoms with van der Waals surface area (Å²) in [5.74, 6) is 1.15. The lowest BCUT2D eigenvalue weighted by Gasteiger charge is -2.16. The molecule has 0 saturated carbocycles. The van der Waals surface area contributed by atoms with E-state index >= 15 is 0 Å². The zero-order valence-corrected chi connectivity index (χ0v) is 12.5. The van der Waals surface area contributed by atoms with Crippen LogP contribution >= 0.6 is 0 Å². The number of ether oxygens (including phenoxy) is 1. The van der Waals surface area contributed by atoms with Crippen molar-refractivity contribution in [2.75, 3.05) is 30.4 Å². The van der Waals surface area contributed by atoms with Gasteiger partial charge >= 0.3 is 5.97 Å². The van der Waals surface area contributed by atoms with Crippen LogP contribution in [-0.4, -0.2) is 36.1 Å². The first kappa shape index (κ1) is 14.3. The highest BCUT2D eigenvalue weighted by atomic mass is 16.5. The van der Waals surface area contributed by atoms with E-state index in [1.807, 2.05) is 6.07 Å². The molecule has 0 amide bonds. The van der Waals surface area contributed by atoms with Crippen LogP contribution in [0.4, 0.5) is 17.5 Å². The number of nitrogens with zero attached hydrogens (tertiary/aromatic N) is 3.